The zero-order valence-corrected chi connectivity index (χ0v) is 8.72. The van der Waals surface area contributed by atoms with Crippen LogP contribution in [0.3, 0.4) is 0 Å². The van der Waals surface area contributed by atoms with Crippen molar-refractivity contribution in [3.8, 4) is 6.07 Å². The molecule has 0 heterocycles. The average Bonchev–Trinajstić information content (AvgIpc) is 2.13. The van der Waals surface area contributed by atoms with Crippen molar-refractivity contribution in [1.29, 1.82) is 5.26 Å². The summed E-state index contributed by atoms with van der Waals surface area (Å²) in [6.07, 6.45) is -0.0397. The van der Waals surface area contributed by atoms with Gasteiger partial charge in [0.05, 0.1) is 12.5 Å². The Hall–Kier alpha value is -1.62. The summed E-state index contributed by atoms with van der Waals surface area (Å²) in [5, 5.41) is 8.42. The monoisotopic (exact) mass is 187 g/mol. The van der Waals surface area contributed by atoms with Crippen LogP contribution < -0.4 is 0 Å². The lowest BCUT2D eigenvalue weighted by Crippen LogP contribution is -2.00. The van der Waals surface area contributed by atoms with E-state index in [1.54, 1.807) is 0 Å². The standard InChI is InChI=1S/C12H13NO/c1-8-6-11(12(14)4-5-13)7-9(2)10(8)3/h6-7H,4H2,1-3H3. The number of Topliss-reactive ketones (excluding diaryl/α,β-unsaturated/α-hetero) is 1. The Morgan fingerprint density at radius 1 is 1.29 bits per heavy atom. The first-order valence-electron chi connectivity index (χ1n) is 4.54. The Morgan fingerprint density at radius 2 is 1.79 bits per heavy atom. The van der Waals surface area contributed by atoms with Gasteiger partial charge in [-0.3, -0.25) is 4.79 Å². The maximum Gasteiger partial charge on any atom is 0.176 e. The number of rotatable bonds is 2. The second-order valence-corrected chi connectivity index (χ2v) is 3.49. The number of ketones is 1. The van der Waals surface area contributed by atoms with Gasteiger partial charge in [-0.25, -0.2) is 0 Å². The number of aryl methyl sites for hydroxylation is 2. The summed E-state index contributed by atoms with van der Waals surface area (Å²) in [6.45, 7) is 5.99. The molecule has 2 nitrogen and oxygen atoms in total. The number of nitrogens with zero attached hydrogens (tertiary/aromatic N) is 1. The predicted octanol–water partition coefficient (Wildman–Crippen LogP) is 2.71. The smallest absolute Gasteiger partial charge is 0.176 e. The molecule has 0 bridgehead atoms. The van der Waals surface area contributed by atoms with Crippen molar-refractivity contribution in [3.05, 3.63) is 34.4 Å². The highest BCUT2D eigenvalue weighted by Crippen LogP contribution is 2.16. The maximum atomic E-state index is 11.4. The van der Waals surface area contributed by atoms with Crippen LogP contribution in [0.5, 0.6) is 0 Å². The van der Waals surface area contributed by atoms with E-state index in [0.717, 1.165) is 11.1 Å². The zero-order chi connectivity index (χ0) is 10.7. The fraction of sp³-hybridized carbons (Fsp3) is 0.333. The quantitative estimate of drug-likeness (QED) is 0.668. The van der Waals surface area contributed by atoms with Crippen molar-refractivity contribution in [1.82, 2.24) is 0 Å². The van der Waals surface area contributed by atoms with Gasteiger partial charge < -0.3 is 0 Å². The number of carbonyl (C=O) groups excluding carboxylic acids is 1. The minimum Gasteiger partial charge on any atom is -0.293 e. The molecule has 14 heavy (non-hydrogen) atoms. The molecular formula is C12H13NO. The molecule has 0 unspecified atom stereocenters. The summed E-state index contributed by atoms with van der Waals surface area (Å²) in [4.78, 5) is 11.4. The molecule has 0 saturated carbocycles. The van der Waals surface area contributed by atoms with E-state index in [1.807, 2.05) is 39.0 Å². The summed E-state index contributed by atoms with van der Waals surface area (Å²) in [7, 11) is 0. The van der Waals surface area contributed by atoms with Gasteiger partial charge in [0.2, 0.25) is 0 Å². The molecule has 0 aliphatic rings. The molecule has 1 aromatic carbocycles. The van der Waals surface area contributed by atoms with Crippen molar-refractivity contribution >= 4 is 5.78 Å². The van der Waals surface area contributed by atoms with Crippen molar-refractivity contribution in [2.45, 2.75) is 27.2 Å². The third-order valence-corrected chi connectivity index (χ3v) is 2.49. The van der Waals surface area contributed by atoms with Gasteiger partial charge in [-0.05, 0) is 49.6 Å². The Balaban J connectivity index is 3.14. The minimum atomic E-state index is -0.0984. The van der Waals surface area contributed by atoms with E-state index in [-0.39, 0.29) is 12.2 Å². The van der Waals surface area contributed by atoms with Crippen LogP contribution in [0.15, 0.2) is 12.1 Å². The van der Waals surface area contributed by atoms with E-state index in [0.29, 0.717) is 5.56 Å². The van der Waals surface area contributed by atoms with Gasteiger partial charge in [0.25, 0.3) is 0 Å². The Bertz CT molecular complexity index is 390. The highest BCUT2D eigenvalue weighted by atomic mass is 16.1. The van der Waals surface area contributed by atoms with Crippen molar-refractivity contribution in [2.75, 3.05) is 0 Å². The van der Waals surface area contributed by atoms with Gasteiger partial charge >= 0.3 is 0 Å². The lowest BCUT2D eigenvalue weighted by atomic mass is 9.98. The molecule has 1 aromatic rings. The van der Waals surface area contributed by atoms with E-state index in [1.165, 1.54) is 5.56 Å². The molecule has 2 heteroatoms. The molecule has 0 aliphatic heterocycles. The first-order chi connectivity index (χ1) is 6.56. The van der Waals surface area contributed by atoms with E-state index >= 15 is 0 Å². The molecule has 0 atom stereocenters. The molecule has 0 aromatic heterocycles. The first kappa shape index (κ1) is 10.5. The van der Waals surface area contributed by atoms with Gasteiger partial charge in [0, 0.05) is 5.56 Å². The number of hydrogen-bond acceptors (Lipinski definition) is 2. The van der Waals surface area contributed by atoms with Gasteiger partial charge in [-0.15, -0.1) is 0 Å². The van der Waals surface area contributed by atoms with Crippen LogP contribution in [0.4, 0.5) is 0 Å². The molecule has 0 saturated heterocycles. The zero-order valence-electron chi connectivity index (χ0n) is 8.72. The van der Waals surface area contributed by atoms with Gasteiger partial charge in [-0.1, -0.05) is 0 Å². The molecule has 0 N–H and O–H groups in total. The fourth-order valence-corrected chi connectivity index (χ4v) is 1.37. The minimum absolute atomic E-state index is 0.0397. The maximum absolute atomic E-state index is 11.4. The Kier molecular flexibility index (Phi) is 3.03. The predicted molar refractivity (Wildman–Crippen MR) is 55.2 cm³/mol. The molecule has 0 spiro atoms. The molecular weight excluding hydrogens is 174 g/mol. The summed E-state index contributed by atoms with van der Waals surface area (Å²) in [5.74, 6) is -0.0984. The second-order valence-electron chi connectivity index (χ2n) is 3.49. The Morgan fingerprint density at radius 3 is 2.21 bits per heavy atom. The van der Waals surface area contributed by atoms with Crippen LogP contribution in [-0.4, -0.2) is 5.78 Å². The van der Waals surface area contributed by atoms with Crippen LogP contribution in [0.1, 0.15) is 33.5 Å². The normalized spacial score (nSPS) is 9.57. The van der Waals surface area contributed by atoms with Crippen LogP contribution in [0.2, 0.25) is 0 Å². The Labute approximate surface area is 84.2 Å². The molecule has 0 radical (unpaired) electrons. The number of carbonyl (C=O) groups is 1. The van der Waals surface area contributed by atoms with Crippen LogP contribution in [0.25, 0.3) is 0 Å². The molecule has 1 rings (SSSR count). The van der Waals surface area contributed by atoms with Gasteiger partial charge in [0.1, 0.15) is 0 Å². The summed E-state index contributed by atoms with van der Waals surface area (Å²) in [5.41, 5.74) is 4.06. The highest BCUT2D eigenvalue weighted by molar-refractivity contribution is 5.97. The molecule has 0 amide bonds. The van der Waals surface area contributed by atoms with Crippen molar-refractivity contribution in [3.63, 3.8) is 0 Å². The van der Waals surface area contributed by atoms with Crippen molar-refractivity contribution < 1.29 is 4.79 Å². The topological polar surface area (TPSA) is 40.9 Å². The van der Waals surface area contributed by atoms with Crippen LogP contribution >= 0.6 is 0 Å². The van der Waals surface area contributed by atoms with E-state index in [4.69, 9.17) is 5.26 Å². The molecule has 0 aliphatic carbocycles. The van der Waals surface area contributed by atoms with Gasteiger partial charge in [-0.2, -0.15) is 5.26 Å². The van der Waals surface area contributed by atoms with Crippen molar-refractivity contribution in [2.24, 2.45) is 0 Å². The number of nitriles is 1. The fourth-order valence-electron chi connectivity index (χ4n) is 1.37. The largest absolute Gasteiger partial charge is 0.293 e. The SMILES string of the molecule is Cc1cc(C(=O)CC#N)cc(C)c1C. The summed E-state index contributed by atoms with van der Waals surface area (Å²) in [6, 6.07) is 5.57. The second kappa shape index (κ2) is 4.06. The van der Waals surface area contributed by atoms with Crippen LogP contribution in [0, 0.1) is 32.1 Å². The van der Waals surface area contributed by atoms with Crippen LogP contribution in [-0.2, 0) is 0 Å². The third kappa shape index (κ3) is 2.00. The van der Waals surface area contributed by atoms with E-state index < -0.39 is 0 Å². The first-order valence-corrected chi connectivity index (χ1v) is 4.54. The van der Waals surface area contributed by atoms with E-state index in [9.17, 15) is 4.79 Å². The number of benzene rings is 1. The lowest BCUT2D eigenvalue weighted by molar-refractivity contribution is 0.0997. The summed E-state index contributed by atoms with van der Waals surface area (Å²) >= 11 is 0. The third-order valence-electron chi connectivity index (χ3n) is 2.49. The van der Waals surface area contributed by atoms with E-state index in [2.05, 4.69) is 0 Å². The number of hydrogen-bond donors (Lipinski definition) is 0. The lowest BCUT2D eigenvalue weighted by Gasteiger charge is -2.06. The average molecular weight is 187 g/mol. The molecule has 0 fully saturated rings. The van der Waals surface area contributed by atoms with Gasteiger partial charge in [0.15, 0.2) is 5.78 Å². The highest BCUT2D eigenvalue weighted by Gasteiger charge is 2.07. The molecule has 72 valence electrons. The summed E-state index contributed by atoms with van der Waals surface area (Å²) < 4.78 is 0.